The second-order valence-corrected chi connectivity index (χ2v) is 10.1. The van der Waals surface area contributed by atoms with E-state index in [-0.39, 0.29) is 10.8 Å². The average Bonchev–Trinajstić information content (AvgIpc) is 3.51. The highest BCUT2D eigenvalue weighted by Gasteiger charge is 2.27. The zero-order valence-electron chi connectivity index (χ0n) is 18.2. The molecule has 1 aliphatic heterocycles. The Morgan fingerprint density at radius 1 is 0.970 bits per heavy atom. The summed E-state index contributed by atoms with van der Waals surface area (Å²) in [7, 11) is -3.51. The number of hydrogen-bond acceptors (Lipinski definition) is 4. The highest BCUT2D eigenvalue weighted by atomic mass is 32.2. The van der Waals surface area contributed by atoms with E-state index in [4.69, 9.17) is 4.98 Å². The minimum Gasteiger partial charge on any atom is -0.321 e. The number of carbonyl (C=O) groups is 1. The molecule has 0 bridgehead atoms. The second kappa shape index (κ2) is 8.46. The zero-order chi connectivity index (χ0) is 23.0. The number of pyridine rings is 1. The molecular formula is C25H24N4O3S. The Labute approximate surface area is 192 Å². The number of anilines is 1. The molecule has 1 saturated heterocycles. The molecule has 0 unspecified atom stereocenters. The maximum absolute atomic E-state index is 12.9. The van der Waals surface area contributed by atoms with Crippen molar-refractivity contribution in [2.45, 2.75) is 24.7 Å². The van der Waals surface area contributed by atoms with Crippen LogP contribution in [0, 0.1) is 6.92 Å². The van der Waals surface area contributed by atoms with Gasteiger partial charge in [-0.15, -0.1) is 0 Å². The van der Waals surface area contributed by atoms with Gasteiger partial charge in [0.1, 0.15) is 5.65 Å². The molecule has 168 valence electrons. The summed E-state index contributed by atoms with van der Waals surface area (Å²) in [6, 6.07) is 17.6. The van der Waals surface area contributed by atoms with Crippen LogP contribution >= 0.6 is 0 Å². The summed E-state index contributed by atoms with van der Waals surface area (Å²) >= 11 is 0. The Morgan fingerprint density at radius 3 is 2.42 bits per heavy atom. The molecule has 33 heavy (non-hydrogen) atoms. The van der Waals surface area contributed by atoms with Gasteiger partial charge in [-0.3, -0.25) is 4.79 Å². The molecule has 1 fully saturated rings. The van der Waals surface area contributed by atoms with Crippen LogP contribution in [0.25, 0.3) is 16.9 Å². The number of aryl methyl sites for hydroxylation is 1. The first-order valence-electron chi connectivity index (χ1n) is 10.9. The third-order valence-corrected chi connectivity index (χ3v) is 7.86. The van der Waals surface area contributed by atoms with Crippen LogP contribution < -0.4 is 5.32 Å². The van der Waals surface area contributed by atoms with Crippen LogP contribution in [0.2, 0.25) is 0 Å². The van der Waals surface area contributed by atoms with Crippen molar-refractivity contribution in [1.82, 2.24) is 13.7 Å². The lowest BCUT2D eigenvalue weighted by Gasteiger charge is -2.15. The van der Waals surface area contributed by atoms with E-state index in [1.54, 1.807) is 12.1 Å². The minimum absolute atomic E-state index is 0.210. The van der Waals surface area contributed by atoms with Crippen LogP contribution in [-0.4, -0.2) is 41.1 Å². The summed E-state index contributed by atoms with van der Waals surface area (Å²) in [4.78, 5) is 17.9. The molecule has 2 aromatic heterocycles. The number of sulfonamides is 1. The molecule has 4 aromatic rings. The minimum atomic E-state index is -3.51. The summed E-state index contributed by atoms with van der Waals surface area (Å²) in [6.07, 6.45) is 5.64. The number of imidazole rings is 1. The molecule has 3 heterocycles. The molecule has 1 N–H and O–H groups in total. The second-order valence-electron chi connectivity index (χ2n) is 8.18. The number of benzene rings is 2. The fourth-order valence-electron chi connectivity index (χ4n) is 4.15. The normalized spacial score (nSPS) is 14.6. The van der Waals surface area contributed by atoms with Crippen LogP contribution in [0.4, 0.5) is 5.69 Å². The van der Waals surface area contributed by atoms with Gasteiger partial charge in [-0.1, -0.05) is 24.3 Å². The maximum Gasteiger partial charge on any atom is 0.255 e. The lowest BCUT2D eigenvalue weighted by Crippen LogP contribution is -2.27. The van der Waals surface area contributed by atoms with E-state index < -0.39 is 10.0 Å². The predicted octanol–water partition coefficient (Wildman–Crippen LogP) is 4.35. The molecule has 7 nitrogen and oxygen atoms in total. The molecule has 0 spiro atoms. The molecular weight excluding hydrogens is 436 g/mol. The van der Waals surface area contributed by atoms with Crippen molar-refractivity contribution >= 4 is 27.3 Å². The van der Waals surface area contributed by atoms with Gasteiger partial charge in [0, 0.05) is 36.6 Å². The number of nitrogens with zero attached hydrogens (tertiary/aromatic N) is 3. The fourth-order valence-corrected chi connectivity index (χ4v) is 5.67. The summed E-state index contributed by atoms with van der Waals surface area (Å²) in [5, 5.41) is 2.95. The first-order valence-corrected chi connectivity index (χ1v) is 12.3. The standard InChI is InChI=1S/C25H24N4O3S/c1-18-7-6-14-28-17-23(26-24(18)28)21-8-2-3-9-22(21)27-25(30)19-10-12-20(13-11-19)33(31,32)29-15-4-5-16-29/h2-3,6-14,17H,4-5,15-16H2,1H3,(H,27,30). The summed E-state index contributed by atoms with van der Waals surface area (Å²) in [5.41, 5.74) is 4.51. The van der Waals surface area contributed by atoms with Crippen LogP contribution in [0.5, 0.6) is 0 Å². The zero-order valence-corrected chi connectivity index (χ0v) is 19.0. The number of fused-ring (bicyclic) bond motifs is 1. The number of nitrogens with one attached hydrogen (secondary N) is 1. The smallest absolute Gasteiger partial charge is 0.255 e. The summed E-state index contributed by atoms with van der Waals surface area (Å²) in [5.74, 6) is -0.312. The van der Waals surface area contributed by atoms with Crippen LogP contribution in [-0.2, 0) is 10.0 Å². The van der Waals surface area contributed by atoms with E-state index in [0.717, 1.165) is 35.3 Å². The Hall–Kier alpha value is -3.49. The predicted molar refractivity (Wildman–Crippen MR) is 128 cm³/mol. The number of rotatable bonds is 5. The van der Waals surface area contributed by atoms with Crippen molar-refractivity contribution in [1.29, 1.82) is 0 Å². The first-order chi connectivity index (χ1) is 15.9. The molecule has 1 amide bonds. The summed E-state index contributed by atoms with van der Waals surface area (Å²) < 4.78 is 28.9. The van der Waals surface area contributed by atoms with Crippen molar-refractivity contribution in [2.24, 2.45) is 0 Å². The molecule has 2 aromatic carbocycles. The van der Waals surface area contributed by atoms with Gasteiger partial charge in [-0.05, 0) is 61.7 Å². The van der Waals surface area contributed by atoms with Gasteiger partial charge in [-0.25, -0.2) is 13.4 Å². The monoisotopic (exact) mass is 460 g/mol. The van der Waals surface area contributed by atoms with Gasteiger partial charge in [0.15, 0.2) is 0 Å². The number of amides is 1. The van der Waals surface area contributed by atoms with Gasteiger partial charge in [-0.2, -0.15) is 4.31 Å². The molecule has 1 aliphatic rings. The topological polar surface area (TPSA) is 83.8 Å². The first kappa shape index (κ1) is 21.4. The lowest BCUT2D eigenvalue weighted by molar-refractivity contribution is 0.102. The Bertz CT molecular complexity index is 1440. The number of para-hydroxylation sites is 1. The van der Waals surface area contributed by atoms with E-state index in [1.807, 2.05) is 60.1 Å². The van der Waals surface area contributed by atoms with E-state index in [9.17, 15) is 13.2 Å². The largest absolute Gasteiger partial charge is 0.321 e. The van der Waals surface area contributed by atoms with E-state index >= 15 is 0 Å². The average molecular weight is 461 g/mol. The van der Waals surface area contributed by atoms with Crippen LogP contribution in [0.1, 0.15) is 28.8 Å². The molecule has 0 radical (unpaired) electrons. The molecule has 8 heteroatoms. The number of carbonyl (C=O) groups excluding carboxylic acids is 1. The molecule has 5 rings (SSSR count). The van der Waals surface area contributed by atoms with E-state index in [2.05, 4.69) is 5.32 Å². The van der Waals surface area contributed by atoms with Crippen molar-refractivity contribution in [2.75, 3.05) is 18.4 Å². The van der Waals surface area contributed by atoms with E-state index in [1.165, 1.54) is 16.4 Å². The third-order valence-electron chi connectivity index (χ3n) is 5.95. The molecule has 0 aliphatic carbocycles. The van der Waals surface area contributed by atoms with Crippen molar-refractivity contribution < 1.29 is 13.2 Å². The third kappa shape index (κ3) is 4.03. The van der Waals surface area contributed by atoms with Crippen LogP contribution in [0.15, 0.2) is 78.0 Å². The van der Waals surface area contributed by atoms with Gasteiger partial charge in [0.25, 0.3) is 5.91 Å². The Balaban J connectivity index is 1.40. The SMILES string of the molecule is Cc1cccn2cc(-c3ccccc3NC(=O)c3ccc(S(=O)(=O)N4CCCC4)cc3)nc12. The summed E-state index contributed by atoms with van der Waals surface area (Å²) in [6.45, 7) is 3.10. The highest BCUT2D eigenvalue weighted by molar-refractivity contribution is 7.89. The number of hydrogen-bond donors (Lipinski definition) is 1. The Kier molecular flexibility index (Phi) is 5.47. The van der Waals surface area contributed by atoms with Gasteiger partial charge in [0.05, 0.1) is 16.3 Å². The van der Waals surface area contributed by atoms with Crippen molar-refractivity contribution in [3.8, 4) is 11.3 Å². The van der Waals surface area contributed by atoms with Crippen molar-refractivity contribution in [3.05, 3.63) is 84.2 Å². The van der Waals surface area contributed by atoms with Gasteiger partial charge < -0.3 is 9.72 Å². The van der Waals surface area contributed by atoms with E-state index in [0.29, 0.717) is 24.3 Å². The maximum atomic E-state index is 12.9. The molecule has 0 saturated carbocycles. The van der Waals surface area contributed by atoms with Crippen molar-refractivity contribution in [3.63, 3.8) is 0 Å². The molecule has 0 atom stereocenters. The van der Waals surface area contributed by atoms with Crippen LogP contribution in [0.3, 0.4) is 0 Å². The highest BCUT2D eigenvalue weighted by Crippen LogP contribution is 2.29. The van der Waals surface area contributed by atoms with Gasteiger partial charge in [0.2, 0.25) is 10.0 Å². The van der Waals surface area contributed by atoms with Gasteiger partial charge >= 0.3 is 0 Å². The number of aromatic nitrogens is 2. The lowest BCUT2D eigenvalue weighted by atomic mass is 10.1. The fraction of sp³-hybridized carbons (Fsp3) is 0.200. The quantitative estimate of drug-likeness (QED) is 0.480. The Morgan fingerprint density at radius 2 is 1.70 bits per heavy atom.